The highest BCUT2D eigenvalue weighted by atomic mass is 35.5. The fourth-order valence-corrected chi connectivity index (χ4v) is 2.13. The number of ether oxygens (including phenoxy) is 1. The quantitative estimate of drug-likeness (QED) is 0.848. The molecular weight excluding hydrogens is 245 g/mol. The molecule has 1 N–H and O–H groups in total. The van der Waals surface area contributed by atoms with Crippen molar-refractivity contribution in [1.82, 2.24) is 9.97 Å². The van der Waals surface area contributed by atoms with Crippen molar-refractivity contribution in [2.45, 2.75) is 25.8 Å². The molecule has 0 aromatic carbocycles. The Labute approximate surface area is 105 Å². The molecule has 0 aliphatic carbocycles. The average Bonchev–Trinajstić information content (AvgIpc) is 2.35. The predicted octanol–water partition coefficient (Wildman–Crippen LogP) is 2.50. The summed E-state index contributed by atoms with van der Waals surface area (Å²) in [5.74, 6) is 0.161. The summed E-state index contributed by atoms with van der Waals surface area (Å²) in [6.45, 7) is 3.55. The minimum absolute atomic E-state index is 0.0491. The number of rotatable bonds is 3. The largest absolute Gasteiger partial charge is 0.381 e. The number of hydrogen-bond acceptors (Lipinski definition) is 4. The highest BCUT2D eigenvalue weighted by Gasteiger charge is 2.21. The Kier molecular flexibility index (Phi) is 4.12. The number of nitrogens with zero attached hydrogens (tertiary/aromatic N) is 2. The third-order valence-corrected chi connectivity index (χ3v) is 3.23. The van der Waals surface area contributed by atoms with Crippen LogP contribution in [0.2, 0.25) is 5.28 Å². The molecule has 1 aliphatic rings. The molecule has 2 rings (SSSR count). The Hall–Kier alpha value is -0.940. The van der Waals surface area contributed by atoms with Gasteiger partial charge in [0.25, 0.3) is 0 Å². The lowest BCUT2D eigenvalue weighted by Crippen LogP contribution is -2.31. The Morgan fingerprint density at radius 2 is 2.24 bits per heavy atom. The fraction of sp³-hybridized carbons (Fsp3) is 0.636. The second-order valence-electron chi connectivity index (χ2n) is 4.22. The lowest BCUT2D eigenvalue weighted by atomic mass is 9.93. The Bertz CT molecular complexity index is 385. The molecule has 1 saturated heterocycles. The van der Waals surface area contributed by atoms with Crippen molar-refractivity contribution in [3.8, 4) is 0 Å². The van der Waals surface area contributed by atoms with Gasteiger partial charge in [-0.2, -0.15) is 4.98 Å². The molecular formula is C11H15ClFN3O. The first-order chi connectivity index (χ1) is 8.16. The molecule has 1 aliphatic heterocycles. The molecule has 2 heterocycles. The zero-order chi connectivity index (χ0) is 12.3. The van der Waals surface area contributed by atoms with Crippen LogP contribution in [0.25, 0.3) is 0 Å². The normalized spacial score (nSPS) is 19.0. The van der Waals surface area contributed by atoms with E-state index in [1.165, 1.54) is 0 Å². The summed E-state index contributed by atoms with van der Waals surface area (Å²) in [6.07, 6.45) is 3.04. The monoisotopic (exact) mass is 259 g/mol. The topological polar surface area (TPSA) is 47.0 Å². The number of hydrogen-bond donors (Lipinski definition) is 1. The zero-order valence-electron chi connectivity index (χ0n) is 9.62. The van der Waals surface area contributed by atoms with Gasteiger partial charge in [0.05, 0.1) is 6.20 Å². The van der Waals surface area contributed by atoms with Gasteiger partial charge < -0.3 is 10.1 Å². The molecule has 94 valence electrons. The van der Waals surface area contributed by atoms with Crippen LogP contribution < -0.4 is 5.32 Å². The molecule has 6 heteroatoms. The van der Waals surface area contributed by atoms with Gasteiger partial charge in [-0.1, -0.05) is 0 Å². The molecule has 1 atom stereocenters. The average molecular weight is 260 g/mol. The van der Waals surface area contributed by atoms with E-state index >= 15 is 0 Å². The van der Waals surface area contributed by atoms with Gasteiger partial charge >= 0.3 is 0 Å². The first-order valence-corrected chi connectivity index (χ1v) is 6.07. The van der Waals surface area contributed by atoms with Gasteiger partial charge in [0.2, 0.25) is 5.28 Å². The van der Waals surface area contributed by atoms with Crippen molar-refractivity contribution in [3.63, 3.8) is 0 Å². The van der Waals surface area contributed by atoms with Gasteiger partial charge in [0.15, 0.2) is 11.6 Å². The summed E-state index contributed by atoms with van der Waals surface area (Å²) < 4.78 is 18.7. The second kappa shape index (κ2) is 5.60. The Morgan fingerprint density at radius 1 is 1.53 bits per heavy atom. The molecule has 4 nitrogen and oxygen atoms in total. The maximum absolute atomic E-state index is 13.4. The van der Waals surface area contributed by atoms with E-state index in [1.807, 2.05) is 6.92 Å². The SMILES string of the molecule is CC(Nc1nc(Cl)ncc1F)C1CCOCC1. The maximum atomic E-state index is 13.4. The Balaban J connectivity index is 2.01. The van der Waals surface area contributed by atoms with E-state index in [9.17, 15) is 4.39 Å². The van der Waals surface area contributed by atoms with Crippen molar-refractivity contribution < 1.29 is 9.13 Å². The van der Waals surface area contributed by atoms with Crippen LogP contribution in [0, 0.1) is 11.7 Å². The lowest BCUT2D eigenvalue weighted by Gasteiger charge is -2.28. The maximum Gasteiger partial charge on any atom is 0.224 e. The molecule has 1 fully saturated rings. The van der Waals surface area contributed by atoms with Crippen molar-refractivity contribution in [1.29, 1.82) is 0 Å². The summed E-state index contributed by atoms with van der Waals surface area (Å²) in [5, 5.41) is 3.10. The smallest absolute Gasteiger partial charge is 0.224 e. The van der Waals surface area contributed by atoms with E-state index in [1.54, 1.807) is 0 Å². The van der Waals surface area contributed by atoms with Crippen LogP contribution in [0.5, 0.6) is 0 Å². The van der Waals surface area contributed by atoms with Crippen LogP contribution >= 0.6 is 11.6 Å². The lowest BCUT2D eigenvalue weighted by molar-refractivity contribution is 0.0622. The molecule has 0 bridgehead atoms. The molecule has 1 aromatic heterocycles. The molecule has 1 aromatic rings. The summed E-state index contributed by atoms with van der Waals surface area (Å²) >= 11 is 5.64. The number of anilines is 1. The fourth-order valence-electron chi connectivity index (χ4n) is 2.00. The van der Waals surface area contributed by atoms with E-state index in [0.29, 0.717) is 5.92 Å². The summed E-state index contributed by atoms with van der Waals surface area (Å²) in [6, 6.07) is 0.138. The third kappa shape index (κ3) is 3.26. The van der Waals surface area contributed by atoms with Gasteiger partial charge in [-0.15, -0.1) is 0 Å². The van der Waals surface area contributed by atoms with E-state index in [4.69, 9.17) is 16.3 Å². The summed E-state index contributed by atoms with van der Waals surface area (Å²) in [5.41, 5.74) is 0. The summed E-state index contributed by atoms with van der Waals surface area (Å²) in [7, 11) is 0. The van der Waals surface area contributed by atoms with E-state index < -0.39 is 5.82 Å². The molecule has 0 spiro atoms. The van der Waals surface area contributed by atoms with Crippen molar-refractivity contribution in [2.24, 2.45) is 5.92 Å². The van der Waals surface area contributed by atoms with E-state index in [2.05, 4.69) is 15.3 Å². The van der Waals surface area contributed by atoms with Crippen LogP contribution in [0.1, 0.15) is 19.8 Å². The highest BCUT2D eigenvalue weighted by molar-refractivity contribution is 6.28. The van der Waals surface area contributed by atoms with Crippen LogP contribution in [0.3, 0.4) is 0 Å². The summed E-state index contributed by atoms with van der Waals surface area (Å²) in [4.78, 5) is 7.42. The number of halogens is 2. The minimum Gasteiger partial charge on any atom is -0.381 e. The van der Waals surface area contributed by atoms with E-state index in [0.717, 1.165) is 32.3 Å². The molecule has 0 amide bonds. The number of aromatic nitrogens is 2. The third-order valence-electron chi connectivity index (χ3n) is 3.05. The van der Waals surface area contributed by atoms with Gasteiger partial charge in [0.1, 0.15) is 0 Å². The van der Waals surface area contributed by atoms with Gasteiger partial charge in [0, 0.05) is 19.3 Å². The van der Waals surface area contributed by atoms with Gasteiger partial charge in [-0.3, -0.25) is 0 Å². The van der Waals surface area contributed by atoms with Crippen LogP contribution in [-0.2, 0) is 4.74 Å². The van der Waals surface area contributed by atoms with Crippen molar-refractivity contribution in [2.75, 3.05) is 18.5 Å². The molecule has 1 unspecified atom stereocenters. The second-order valence-corrected chi connectivity index (χ2v) is 4.56. The van der Waals surface area contributed by atoms with Crippen LogP contribution in [0.15, 0.2) is 6.20 Å². The molecule has 0 radical (unpaired) electrons. The highest BCUT2D eigenvalue weighted by Crippen LogP contribution is 2.22. The Morgan fingerprint density at radius 3 is 2.94 bits per heavy atom. The zero-order valence-corrected chi connectivity index (χ0v) is 10.4. The van der Waals surface area contributed by atoms with Crippen LogP contribution in [0.4, 0.5) is 10.2 Å². The predicted molar refractivity (Wildman–Crippen MR) is 63.6 cm³/mol. The van der Waals surface area contributed by atoms with Crippen LogP contribution in [-0.4, -0.2) is 29.2 Å². The van der Waals surface area contributed by atoms with Crippen molar-refractivity contribution >= 4 is 17.4 Å². The number of nitrogens with one attached hydrogen (secondary N) is 1. The molecule has 0 saturated carbocycles. The van der Waals surface area contributed by atoms with Crippen molar-refractivity contribution in [3.05, 3.63) is 17.3 Å². The van der Waals surface area contributed by atoms with Gasteiger partial charge in [-0.05, 0) is 37.3 Å². The first-order valence-electron chi connectivity index (χ1n) is 5.69. The van der Waals surface area contributed by atoms with Gasteiger partial charge in [-0.25, -0.2) is 9.37 Å². The molecule has 17 heavy (non-hydrogen) atoms. The minimum atomic E-state index is -0.478. The van der Waals surface area contributed by atoms with E-state index in [-0.39, 0.29) is 17.1 Å². The standard InChI is InChI=1S/C11H15ClFN3O/c1-7(8-2-4-17-5-3-8)15-10-9(13)6-14-11(12)16-10/h6-8H,2-5H2,1H3,(H,14,15,16). The first kappa shape index (κ1) is 12.5.